The zero-order valence-electron chi connectivity index (χ0n) is 15.5. The summed E-state index contributed by atoms with van der Waals surface area (Å²) in [4.78, 5) is 17.9. The number of hydrogen-bond acceptors (Lipinski definition) is 4. The van der Waals surface area contributed by atoms with Crippen LogP contribution in [-0.2, 0) is 10.0 Å². The van der Waals surface area contributed by atoms with Gasteiger partial charge >= 0.3 is 0 Å². The summed E-state index contributed by atoms with van der Waals surface area (Å²) in [5.74, 6) is 0.00318. The molecular weight excluding hydrogens is 350 g/mol. The van der Waals surface area contributed by atoms with Gasteiger partial charge in [0.05, 0.1) is 11.8 Å². The molecule has 0 amide bonds. The van der Waals surface area contributed by atoms with Crippen LogP contribution in [-0.4, -0.2) is 48.1 Å². The minimum absolute atomic E-state index is 0.0358. The summed E-state index contributed by atoms with van der Waals surface area (Å²) in [7, 11) is -3.17. The van der Waals surface area contributed by atoms with Crippen LogP contribution >= 0.6 is 0 Å². The average molecular weight is 380 g/mol. The predicted octanol–water partition coefficient (Wildman–Crippen LogP) is 2.42. The molecule has 0 radical (unpaired) electrons. The Bertz CT molecular complexity index is 786. The first-order valence-electron chi connectivity index (χ1n) is 9.75. The van der Waals surface area contributed by atoms with Gasteiger partial charge in [0.25, 0.3) is 0 Å². The first kappa shape index (κ1) is 19.3. The molecule has 1 saturated carbocycles. The van der Waals surface area contributed by atoms with Crippen LogP contribution in [0.15, 0.2) is 29.4 Å². The van der Waals surface area contributed by atoms with Gasteiger partial charge in [-0.15, -0.1) is 0 Å². The highest BCUT2D eigenvalue weighted by Gasteiger charge is 2.30. The monoisotopic (exact) mass is 379 g/mol. The second-order valence-corrected chi connectivity index (χ2v) is 9.52. The highest BCUT2D eigenvalue weighted by molar-refractivity contribution is 7.89. The van der Waals surface area contributed by atoms with Gasteiger partial charge in [-0.3, -0.25) is 14.4 Å². The van der Waals surface area contributed by atoms with Crippen molar-refractivity contribution < 1.29 is 13.2 Å². The first-order chi connectivity index (χ1) is 12.5. The van der Waals surface area contributed by atoms with E-state index in [1.54, 1.807) is 17.7 Å². The van der Waals surface area contributed by atoms with Crippen molar-refractivity contribution in [1.29, 1.82) is 0 Å². The van der Waals surface area contributed by atoms with Gasteiger partial charge in [-0.25, -0.2) is 12.7 Å². The van der Waals surface area contributed by atoms with E-state index >= 15 is 0 Å². The van der Waals surface area contributed by atoms with E-state index in [9.17, 15) is 13.2 Å². The summed E-state index contributed by atoms with van der Waals surface area (Å²) < 4.78 is 27.2. The molecule has 0 atom stereocenters. The summed E-state index contributed by atoms with van der Waals surface area (Å²) in [5.41, 5.74) is 0.730. The number of sulfonamides is 1. The standard InChI is InChI=1S/C19H29N3O3S/c1-2-26(24,25)21-14-11-16(12-15-21)19(23)22-13-7-6-10-18(22)20-17-8-4-3-5-9-17/h6-7,10,13,16-17H,2-5,8-9,11-12,14-15H2,1H3. The molecule has 3 rings (SSSR count). The lowest BCUT2D eigenvalue weighted by Gasteiger charge is -2.30. The molecule has 144 valence electrons. The first-order valence-corrected chi connectivity index (χ1v) is 11.4. The zero-order valence-corrected chi connectivity index (χ0v) is 16.3. The number of pyridine rings is 1. The largest absolute Gasteiger partial charge is 0.274 e. The van der Waals surface area contributed by atoms with E-state index in [1.807, 2.05) is 18.2 Å². The van der Waals surface area contributed by atoms with E-state index in [0.29, 0.717) is 32.0 Å². The van der Waals surface area contributed by atoms with E-state index in [4.69, 9.17) is 4.99 Å². The van der Waals surface area contributed by atoms with Crippen LogP contribution in [0.4, 0.5) is 0 Å². The Morgan fingerprint density at radius 3 is 2.46 bits per heavy atom. The van der Waals surface area contributed by atoms with Crippen molar-refractivity contribution in [2.24, 2.45) is 10.9 Å². The number of hydrogen-bond donors (Lipinski definition) is 0. The van der Waals surface area contributed by atoms with Crippen molar-refractivity contribution in [3.63, 3.8) is 0 Å². The molecule has 0 aromatic carbocycles. The number of piperidine rings is 1. The highest BCUT2D eigenvalue weighted by atomic mass is 32.2. The molecule has 0 unspecified atom stereocenters. The van der Waals surface area contributed by atoms with Crippen LogP contribution < -0.4 is 5.49 Å². The number of nitrogens with zero attached hydrogens (tertiary/aromatic N) is 3. The van der Waals surface area contributed by atoms with Gasteiger partial charge in [-0.2, -0.15) is 0 Å². The van der Waals surface area contributed by atoms with Crippen molar-refractivity contribution in [2.75, 3.05) is 18.8 Å². The van der Waals surface area contributed by atoms with E-state index in [2.05, 4.69) is 0 Å². The molecule has 1 saturated heterocycles. The molecule has 2 heterocycles. The molecule has 0 N–H and O–H groups in total. The van der Waals surface area contributed by atoms with Crippen molar-refractivity contribution in [3.8, 4) is 0 Å². The van der Waals surface area contributed by atoms with Crippen LogP contribution in [0.25, 0.3) is 0 Å². The lowest BCUT2D eigenvalue weighted by Crippen LogP contribution is -2.43. The lowest BCUT2D eigenvalue weighted by molar-refractivity contribution is 0.0780. The summed E-state index contributed by atoms with van der Waals surface area (Å²) in [6.07, 6.45) is 8.81. The number of carbonyl (C=O) groups excluding carboxylic acids is 1. The Balaban J connectivity index is 1.74. The number of rotatable bonds is 4. The van der Waals surface area contributed by atoms with Crippen LogP contribution in [0.3, 0.4) is 0 Å². The van der Waals surface area contributed by atoms with Gasteiger partial charge in [-0.1, -0.05) is 25.3 Å². The maximum atomic E-state index is 13.0. The van der Waals surface area contributed by atoms with Crippen molar-refractivity contribution in [2.45, 2.75) is 57.9 Å². The zero-order chi connectivity index (χ0) is 18.6. The topological polar surface area (TPSA) is 71.7 Å². The van der Waals surface area contributed by atoms with Crippen LogP contribution in [0.1, 0.15) is 56.7 Å². The molecule has 26 heavy (non-hydrogen) atoms. The summed E-state index contributed by atoms with van der Waals surface area (Å²) in [5, 5.41) is 0. The van der Waals surface area contributed by atoms with Crippen LogP contribution in [0.5, 0.6) is 0 Å². The molecule has 1 aromatic heterocycles. The molecule has 1 aliphatic carbocycles. The van der Waals surface area contributed by atoms with Gasteiger partial charge in [-0.05, 0) is 44.7 Å². The maximum absolute atomic E-state index is 13.0. The summed E-state index contributed by atoms with van der Waals surface area (Å²) >= 11 is 0. The van der Waals surface area contributed by atoms with Gasteiger partial charge in [0.15, 0.2) is 0 Å². The average Bonchev–Trinajstić information content (AvgIpc) is 2.69. The third-order valence-corrected chi connectivity index (χ3v) is 7.41. The summed E-state index contributed by atoms with van der Waals surface area (Å²) in [6.45, 7) is 2.51. The Morgan fingerprint density at radius 2 is 1.81 bits per heavy atom. The fourth-order valence-electron chi connectivity index (χ4n) is 3.88. The Kier molecular flexibility index (Phi) is 6.29. The molecule has 6 nitrogen and oxygen atoms in total. The van der Waals surface area contributed by atoms with E-state index in [0.717, 1.165) is 18.3 Å². The molecule has 0 spiro atoms. The third kappa shape index (κ3) is 4.43. The Hall–Kier alpha value is -1.47. The fourth-order valence-corrected chi connectivity index (χ4v) is 5.02. The van der Waals surface area contributed by atoms with Gasteiger partial charge in [0, 0.05) is 25.2 Å². The molecular formula is C19H29N3O3S. The minimum Gasteiger partial charge on any atom is -0.274 e. The molecule has 2 fully saturated rings. The SMILES string of the molecule is CCS(=O)(=O)N1CCC(C(=O)n2ccccc2=NC2CCCCC2)CC1. The number of carbonyl (C=O) groups is 1. The maximum Gasteiger partial charge on any atom is 0.235 e. The van der Waals surface area contributed by atoms with E-state index < -0.39 is 10.0 Å². The molecule has 1 aliphatic heterocycles. The van der Waals surface area contributed by atoms with Gasteiger partial charge in [0.2, 0.25) is 15.9 Å². The normalized spacial score (nSPS) is 21.8. The predicted molar refractivity (Wildman–Crippen MR) is 101 cm³/mol. The van der Waals surface area contributed by atoms with Gasteiger partial charge in [0.1, 0.15) is 5.49 Å². The van der Waals surface area contributed by atoms with Crippen LogP contribution in [0, 0.1) is 5.92 Å². The molecule has 2 aliphatic rings. The Morgan fingerprint density at radius 1 is 1.12 bits per heavy atom. The van der Waals surface area contributed by atoms with E-state index in [-0.39, 0.29) is 17.6 Å². The molecule has 7 heteroatoms. The lowest BCUT2D eigenvalue weighted by atomic mass is 9.96. The molecule has 1 aromatic rings. The van der Waals surface area contributed by atoms with Crippen LogP contribution in [0.2, 0.25) is 0 Å². The minimum atomic E-state index is -3.17. The highest BCUT2D eigenvalue weighted by Crippen LogP contribution is 2.22. The van der Waals surface area contributed by atoms with Crippen molar-refractivity contribution in [3.05, 3.63) is 29.9 Å². The molecule has 0 bridgehead atoms. The third-order valence-electron chi connectivity index (χ3n) is 5.53. The fraction of sp³-hybridized carbons (Fsp3) is 0.684. The van der Waals surface area contributed by atoms with Crippen molar-refractivity contribution in [1.82, 2.24) is 8.87 Å². The number of aromatic nitrogens is 1. The summed E-state index contributed by atoms with van der Waals surface area (Å²) in [6, 6.07) is 5.99. The Labute approximate surface area is 156 Å². The van der Waals surface area contributed by atoms with Gasteiger partial charge < -0.3 is 0 Å². The van der Waals surface area contributed by atoms with Crippen molar-refractivity contribution >= 4 is 15.9 Å². The quantitative estimate of drug-likeness (QED) is 0.806. The second kappa shape index (κ2) is 8.48. The van der Waals surface area contributed by atoms with E-state index in [1.165, 1.54) is 23.6 Å². The smallest absolute Gasteiger partial charge is 0.235 e. The second-order valence-electron chi connectivity index (χ2n) is 7.26.